The molecule has 0 spiro atoms. The fraction of sp³-hybridized carbons (Fsp3) is 0.190. The maximum Gasteiger partial charge on any atom is 0.251 e. The summed E-state index contributed by atoms with van der Waals surface area (Å²) in [5, 5.41) is 10.4. The van der Waals surface area contributed by atoms with Crippen LogP contribution in [-0.2, 0) is 0 Å². The average Bonchev–Trinajstić information content (AvgIpc) is 2.96. The maximum atomic E-state index is 14.4. The van der Waals surface area contributed by atoms with Crippen LogP contribution < -0.4 is 10.6 Å². The molecule has 2 aliphatic rings. The van der Waals surface area contributed by atoms with Crippen molar-refractivity contribution in [2.75, 3.05) is 5.32 Å². The second-order valence-corrected chi connectivity index (χ2v) is 7.65. The van der Waals surface area contributed by atoms with E-state index in [1.54, 1.807) is 18.2 Å². The van der Waals surface area contributed by atoms with Gasteiger partial charge in [-0.1, -0.05) is 17.7 Å². The second kappa shape index (κ2) is 7.21. The minimum Gasteiger partial charge on any atom is -0.349 e. The molecule has 0 atom stereocenters. The third kappa shape index (κ3) is 3.13. The van der Waals surface area contributed by atoms with E-state index in [4.69, 9.17) is 11.6 Å². The Morgan fingerprint density at radius 2 is 1.97 bits per heavy atom. The van der Waals surface area contributed by atoms with Crippen molar-refractivity contribution in [1.82, 2.24) is 15.1 Å². The molecule has 0 bridgehead atoms. The Bertz CT molecular complexity index is 1180. The van der Waals surface area contributed by atoms with Crippen LogP contribution in [-0.4, -0.2) is 27.6 Å². The van der Waals surface area contributed by atoms with E-state index in [1.165, 1.54) is 16.9 Å². The molecule has 30 heavy (non-hydrogen) atoms. The van der Waals surface area contributed by atoms with Gasteiger partial charge in [0, 0.05) is 11.6 Å². The molecule has 1 aromatic heterocycles. The lowest BCUT2D eigenvalue weighted by Gasteiger charge is -2.26. The minimum atomic E-state index is -0.761. The summed E-state index contributed by atoms with van der Waals surface area (Å²) in [6, 6.07) is 8.74. The highest BCUT2D eigenvalue weighted by Gasteiger charge is 2.25. The van der Waals surface area contributed by atoms with Gasteiger partial charge in [0.1, 0.15) is 22.5 Å². The van der Waals surface area contributed by atoms with E-state index in [1.807, 2.05) is 0 Å². The number of anilines is 1. The molecule has 1 aliphatic heterocycles. The van der Waals surface area contributed by atoms with E-state index in [9.17, 15) is 13.6 Å². The van der Waals surface area contributed by atoms with Crippen LogP contribution in [0, 0.1) is 11.6 Å². The van der Waals surface area contributed by atoms with Gasteiger partial charge >= 0.3 is 0 Å². The number of amidine groups is 1. The lowest BCUT2D eigenvalue weighted by atomic mass is 9.93. The Morgan fingerprint density at radius 1 is 1.20 bits per heavy atom. The standard InChI is InChI=1S/C21H16ClF2N5O/c22-13-10-25-29-17-9-11(21(30)26-12-3-1-4-12)7-8-16(17)27-19(28-20(13)29)18-14(23)5-2-6-15(18)24/h2,5-10,12H,1,3-4H2,(H,26,30)(H,27,28). The number of aliphatic imine (C=N–C) groups is 1. The molecule has 0 saturated heterocycles. The summed E-state index contributed by atoms with van der Waals surface area (Å²) < 4.78 is 30.3. The zero-order chi connectivity index (χ0) is 20.8. The molecule has 6 nitrogen and oxygen atoms in total. The van der Waals surface area contributed by atoms with Crippen molar-refractivity contribution in [2.45, 2.75) is 25.3 Å². The molecular weight excluding hydrogens is 412 g/mol. The highest BCUT2D eigenvalue weighted by atomic mass is 35.5. The van der Waals surface area contributed by atoms with E-state index in [2.05, 4.69) is 20.7 Å². The highest BCUT2D eigenvalue weighted by molar-refractivity contribution is 6.33. The quantitative estimate of drug-likeness (QED) is 0.642. The van der Waals surface area contributed by atoms with E-state index < -0.39 is 11.6 Å². The van der Waals surface area contributed by atoms with Gasteiger partial charge in [0.15, 0.2) is 5.82 Å². The summed E-state index contributed by atoms with van der Waals surface area (Å²) in [5.41, 5.74) is 1.12. The SMILES string of the molecule is O=C(NC1CCC1)c1ccc2c(c1)-n1ncc(Cl)c1N=C(c1c(F)cccc1F)N2. The summed E-state index contributed by atoms with van der Waals surface area (Å²) in [7, 11) is 0. The van der Waals surface area contributed by atoms with E-state index in [0.717, 1.165) is 31.4 Å². The number of carbonyl (C=O) groups excluding carboxylic acids is 1. The second-order valence-electron chi connectivity index (χ2n) is 7.24. The van der Waals surface area contributed by atoms with Crippen LogP contribution in [0.2, 0.25) is 5.02 Å². The monoisotopic (exact) mass is 427 g/mol. The highest BCUT2D eigenvalue weighted by Crippen LogP contribution is 2.35. The minimum absolute atomic E-state index is 0.0420. The van der Waals surface area contributed by atoms with Crippen molar-refractivity contribution in [1.29, 1.82) is 0 Å². The van der Waals surface area contributed by atoms with Gasteiger partial charge in [-0.15, -0.1) is 0 Å². The third-order valence-corrected chi connectivity index (χ3v) is 5.57. The Hall–Kier alpha value is -3.26. The molecule has 2 N–H and O–H groups in total. The lowest BCUT2D eigenvalue weighted by Crippen LogP contribution is -2.39. The van der Waals surface area contributed by atoms with E-state index in [0.29, 0.717) is 16.9 Å². The van der Waals surface area contributed by atoms with Crippen molar-refractivity contribution >= 4 is 34.8 Å². The largest absolute Gasteiger partial charge is 0.349 e. The van der Waals surface area contributed by atoms with Gasteiger partial charge in [-0.05, 0) is 49.6 Å². The van der Waals surface area contributed by atoms with E-state index >= 15 is 0 Å². The summed E-state index contributed by atoms with van der Waals surface area (Å²) in [5.74, 6) is -1.55. The molecule has 1 aliphatic carbocycles. The van der Waals surface area contributed by atoms with Crippen molar-refractivity contribution in [3.63, 3.8) is 0 Å². The van der Waals surface area contributed by atoms with Crippen LogP contribution in [0.15, 0.2) is 47.6 Å². The number of amides is 1. The molecule has 9 heteroatoms. The van der Waals surface area contributed by atoms with Crippen LogP contribution in [0.1, 0.15) is 35.2 Å². The van der Waals surface area contributed by atoms with Crippen LogP contribution in [0.25, 0.3) is 5.69 Å². The van der Waals surface area contributed by atoms with Crippen molar-refractivity contribution in [2.24, 2.45) is 4.99 Å². The first-order valence-electron chi connectivity index (χ1n) is 9.50. The third-order valence-electron chi connectivity index (χ3n) is 5.30. The van der Waals surface area contributed by atoms with Crippen molar-refractivity contribution < 1.29 is 13.6 Å². The first kappa shape index (κ1) is 18.7. The molecule has 2 heterocycles. The molecule has 3 aromatic rings. The molecular formula is C21H16ClF2N5O. The maximum absolute atomic E-state index is 14.4. The number of carbonyl (C=O) groups is 1. The number of rotatable bonds is 3. The fourth-order valence-corrected chi connectivity index (χ4v) is 3.64. The van der Waals surface area contributed by atoms with Crippen LogP contribution in [0.4, 0.5) is 20.3 Å². The van der Waals surface area contributed by atoms with Gasteiger partial charge in [0.2, 0.25) is 0 Å². The lowest BCUT2D eigenvalue weighted by molar-refractivity contribution is 0.0917. The number of fused-ring (bicyclic) bond motifs is 3. The predicted molar refractivity (Wildman–Crippen MR) is 110 cm³/mol. The van der Waals surface area contributed by atoms with Gasteiger partial charge in [0.05, 0.1) is 23.1 Å². The van der Waals surface area contributed by atoms with Crippen molar-refractivity contribution in [3.05, 3.63) is 70.4 Å². The zero-order valence-corrected chi connectivity index (χ0v) is 16.4. The smallest absolute Gasteiger partial charge is 0.251 e. The average molecular weight is 428 g/mol. The normalized spacial score (nSPS) is 15.2. The van der Waals surface area contributed by atoms with Crippen LogP contribution >= 0.6 is 11.6 Å². The molecule has 2 aromatic carbocycles. The molecule has 5 rings (SSSR count). The van der Waals surface area contributed by atoms with Gasteiger partial charge in [-0.3, -0.25) is 4.79 Å². The van der Waals surface area contributed by atoms with Gasteiger partial charge in [-0.25, -0.2) is 18.5 Å². The fourth-order valence-electron chi connectivity index (χ4n) is 3.48. The summed E-state index contributed by atoms with van der Waals surface area (Å²) in [4.78, 5) is 16.9. The van der Waals surface area contributed by atoms with Crippen molar-refractivity contribution in [3.8, 4) is 5.69 Å². The van der Waals surface area contributed by atoms with Gasteiger partial charge in [-0.2, -0.15) is 5.10 Å². The summed E-state index contributed by atoms with van der Waals surface area (Å²) >= 11 is 6.24. The number of aromatic nitrogens is 2. The van der Waals surface area contributed by atoms with Gasteiger partial charge < -0.3 is 10.6 Å². The molecule has 1 amide bonds. The topological polar surface area (TPSA) is 71.3 Å². The Labute approximate surface area is 175 Å². The Kier molecular flexibility index (Phi) is 4.51. The zero-order valence-electron chi connectivity index (χ0n) is 15.6. The summed E-state index contributed by atoms with van der Waals surface area (Å²) in [6.07, 6.45) is 4.46. The van der Waals surface area contributed by atoms with E-state index in [-0.39, 0.29) is 34.2 Å². The summed E-state index contributed by atoms with van der Waals surface area (Å²) in [6.45, 7) is 0. The number of nitrogens with zero attached hydrogens (tertiary/aromatic N) is 3. The molecule has 152 valence electrons. The number of benzene rings is 2. The molecule has 0 unspecified atom stereocenters. The van der Waals surface area contributed by atoms with Crippen LogP contribution in [0.5, 0.6) is 0 Å². The molecule has 0 radical (unpaired) electrons. The number of nitrogens with one attached hydrogen (secondary N) is 2. The molecule has 1 saturated carbocycles. The number of halogens is 3. The first-order chi connectivity index (χ1) is 14.5. The Balaban J connectivity index is 1.61. The first-order valence-corrected chi connectivity index (χ1v) is 9.88. The van der Waals surface area contributed by atoms with Crippen LogP contribution in [0.3, 0.4) is 0 Å². The predicted octanol–water partition coefficient (Wildman–Crippen LogP) is 4.59. The molecule has 1 fully saturated rings. The Morgan fingerprint density at radius 3 is 2.67 bits per heavy atom. The number of hydrogen-bond acceptors (Lipinski definition) is 4. The number of hydrogen-bond donors (Lipinski definition) is 2. The van der Waals surface area contributed by atoms with Gasteiger partial charge in [0.25, 0.3) is 5.91 Å².